The highest BCUT2D eigenvalue weighted by molar-refractivity contribution is 4.70. The monoisotopic (exact) mass is 268 g/mol. The molecule has 0 radical (unpaired) electrons. The molecule has 0 saturated carbocycles. The van der Waals surface area contributed by atoms with E-state index in [9.17, 15) is 13.2 Å². The minimum Gasteiger partial charge on any atom is -0.312 e. The van der Waals surface area contributed by atoms with Crippen LogP contribution in [0.2, 0.25) is 0 Å². The molecule has 0 aliphatic rings. The minimum absolute atomic E-state index is 0.0784. The molecule has 0 aromatic heterocycles. The van der Waals surface area contributed by atoms with Crippen molar-refractivity contribution in [2.24, 2.45) is 0 Å². The van der Waals surface area contributed by atoms with E-state index in [0.717, 1.165) is 25.8 Å². The molecule has 0 atom stereocenters. The van der Waals surface area contributed by atoms with E-state index in [0.29, 0.717) is 13.1 Å². The molecule has 0 amide bonds. The third kappa shape index (κ3) is 12.2. The van der Waals surface area contributed by atoms with Crippen LogP contribution in [-0.2, 0) is 0 Å². The maximum Gasteiger partial charge on any atom is 0.401 e. The Balaban J connectivity index is 3.77. The Morgan fingerprint density at radius 2 is 1.61 bits per heavy atom. The molecule has 0 aromatic rings. The molecule has 2 nitrogen and oxygen atoms in total. The van der Waals surface area contributed by atoms with Gasteiger partial charge in [-0.25, -0.2) is 0 Å². The second-order valence-corrected chi connectivity index (χ2v) is 5.78. The molecule has 18 heavy (non-hydrogen) atoms. The zero-order valence-electron chi connectivity index (χ0n) is 12.0. The van der Waals surface area contributed by atoms with Crippen molar-refractivity contribution in [1.29, 1.82) is 0 Å². The van der Waals surface area contributed by atoms with E-state index in [4.69, 9.17) is 0 Å². The molecule has 0 spiro atoms. The second kappa shape index (κ2) is 8.00. The molecular formula is C13H27F3N2. The van der Waals surface area contributed by atoms with Crippen molar-refractivity contribution in [3.05, 3.63) is 0 Å². The van der Waals surface area contributed by atoms with Gasteiger partial charge in [0, 0.05) is 5.54 Å². The number of hydrogen-bond acceptors (Lipinski definition) is 2. The van der Waals surface area contributed by atoms with Gasteiger partial charge in [0.25, 0.3) is 0 Å². The van der Waals surface area contributed by atoms with Crippen LogP contribution < -0.4 is 5.32 Å². The number of nitrogens with zero attached hydrogens (tertiary/aromatic N) is 1. The fraction of sp³-hybridized carbons (Fsp3) is 1.00. The lowest BCUT2D eigenvalue weighted by molar-refractivity contribution is -0.146. The molecule has 0 saturated heterocycles. The average Bonchev–Trinajstić information content (AvgIpc) is 2.13. The van der Waals surface area contributed by atoms with Crippen molar-refractivity contribution in [2.45, 2.75) is 58.7 Å². The number of alkyl halides is 3. The van der Waals surface area contributed by atoms with Crippen molar-refractivity contribution < 1.29 is 13.2 Å². The fourth-order valence-electron chi connectivity index (χ4n) is 1.76. The summed E-state index contributed by atoms with van der Waals surface area (Å²) in [5, 5.41) is 3.34. The van der Waals surface area contributed by atoms with Crippen molar-refractivity contribution in [3.8, 4) is 0 Å². The van der Waals surface area contributed by atoms with E-state index >= 15 is 0 Å². The zero-order chi connectivity index (χ0) is 14.2. The van der Waals surface area contributed by atoms with Gasteiger partial charge in [0.15, 0.2) is 0 Å². The van der Waals surface area contributed by atoms with Crippen LogP contribution in [0, 0.1) is 0 Å². The van der Waals surface area contributed by atoms with E-state index in [1.807, 2.05) is 6.92 Å². The Hall–Kier alpha value is -0.290. The summed E-state index contributed by atoms with van der Waals surface area (Å²) >= 11 is 0. The molecule has 5 heteroatoms. The van der Waals surface area contributed by atoms with Crippen LogP contribution >= 0.6 is 0 Å². The van der Waals surface area contributed by atoms with Crippen molar-refractivity contribution in [3.63, 3.8) is 0 Å². The largest absolute Gasteiger partial charge is 0.401 e. The summed E-state index contributed by atoms with van der Waals surface area (Å²) in [6, 6.07) is 0. The summed E-state index contributed by atoms with van der Waals surface area (Å²) in [5.41, 5.74) is 0.0784. The molecule has 0 bridgehead atoms. The molecule has 0 aliphatic carbocycles. The van der Waals surface area contributed by atoms with Gasteiger partial charge >= 0.3 is 6.18 Å². The number of rotatable bonds is 8. The van der Waals surface area contributed by atoms with Crippen LogP contribution in [0.4, 0.5) is 13.2 Å². The van der Waals surface area contributed by atoms with E-state index in [-0.39, 0.29) is 5.54 Å². The number of unbranched alkanes of at least 4 members (excludes halogenated alkanes) is 1. The summed E-state index contributed by atoms with van der Waals surface area (Å²) in [6.07, 6.45) is -1.61. The Kier molecular flexibility index (Phi) is 7.87. The van der Waals surface area contributed by atoms with Gasteiger partial charge < -0.3 is 5.32 Å². The highest BCUT2D eigenvalue weighted by atomic mass is 19.4. The first-order valence-corrected chi connectivity index (χ1v) is 6.68. The molecule has 0 fully saturated rings. The van der Waals surface area contributed by atoms with Gasteiger partial charge in [-0.2, -0.15) is 13.2 Å². The van der Waals surface area contributed by atoms with Gasteiger partial charge in [-0.05, 0) is 59.7 Å². The number of halogens is 3. The Labute approximate surface area is 109 Å². The summed E-state index contributed by atoms with van der Waals surface area (Å²) < 4.78 is 36.9. The Bertz CT molecular complexity index is 209. The third-order valence-corrected chi connectivity index (χ3v) is 2.50. The van der Waals surface area contributed by atoms with E-state index in [2.05, 4.69) is 26.1 Å². The molecule has 0 aliphatic heterocycles. The number of nitrogens with one attached hydrogen (secondary N) is 1. The van der Waals surface area contributed by atoms with Gasteiger partial charge in [0.05, 0.1) is 6.54 Å². The Morgan fingerprint density at radius 1 is 1.00 bits per heavy atom. The summed E-state index contributed by atoms with van der Waals surface area (Å²) in [5.74, 6) is 0. The molecule has 110 valence electrons. The van der Waals surface area contributed by atoms with Crippen molar-refractivity contribution >= 4 is 0 Å². The SMILES string of the molecule is CCCN(CCCCNC(C)(C)C)CC(F)(F)F. The quantitative estimate of drug-likeness (QED) is 0.678. The lowest BCUT2D eigenvalue weighted by Crippen LogP contribution is -2.37. The minimum atomic E-state index is -4.08. The van der Waals surface area contributed by atoms with Gasteiger partial charge in [-0.1, -0.05) is 6.92 Å². The average molecular weight is 268 g/mol. The van der Waals surface area contributed by atoms with Crippen LogP contribution in [0.25, 0.3) is 0 Å². The Morgan fingerprint density at radius 3 is 2.06 bits per heavy atom. The van der Waals surface area contributed by atoms with Gasteiger partial charge in [-0.3, -0.25) is 4.90 Å². The molecule has 1 N–H and O–H groups in total. The molecule has 0 rings (SSSR count). The van der Waals surface area contributed by atoms with E-state index in [1.165, 1.54) is 4.90 Å². The first-order valence-electron chi connectivity index (χ1n) is 6.68. The van der Waals surface area contributed by atoms with Gasteiger partial charge in [0.1, 0.15) is 0 Å². The molecular weight excluding hydrogens is 241 g/mol. The lowest BCUT2D eigenvalue weighted by atomic mass is 10.1. The van der Waals surface area contributed by atoms with Crippen molar-refractivity contribution in [2.75, 3.05) is 26.2 Å². The summed E-state index contributed by atoms with van der Waals surface area (Å²) in [4.78, 5) is 1.50. The van der Waals surface area contributed by atoms with E-state index < -0.39 is 12.7 Å². The van der Waals surface area contributed by atoms with Crippen LogP contribution in [-0.4, -0.2) is 42.8 Å². The van der Waals surface area contributed by atoms with Crippen LogP contribution in [0.15, 0.2) is 0 Å². The topological polar surface area (TPSA) is 15.3 Å². The van der Waals surface area contributed by atoms with Gasteiger partial charge in [-0.15, -0.1) is 0 Å². The first kappa shape index (κ1) is 17.7. The summed E-state index contributed by atoms with van der Waals surface area (Å²) in [6.45, 7) is 9.28. The highest BCUT2D eigenvalue weighted by Crippen LogP contribution is 2.16. The van der Waals surface area contributed by atoms with E-state index in [1.54, 1.807) is 0 Å². The predicted octanol–water partition coefficient (Wildman–Crippen LogP) is 3.43. The smallest absolute Gasteiger partial charge is 0.312 e. The van der Waals surface area contributed by atoms with Crippen LogP contribution in [0.5, 0.6) is 0 Å². The zero-order valence-corrected chi connectivity index (χ0v) is 12.0. The highest BCUT2D eigenvalue weighted by Gasteiger charge is 2.29. The predicted molar refractivity (Wildman–Crippen MR) is 69.8 cm³/mol. The normalized spacial score (nSPS) is 13.3. The maximum atomic E-state index is 12.3. The third-order valence-electron chi connectivity index (χ3n) is 2.50. The number of hydrogen-bond donors (Lipinski definition) is 1. The van der Waals surface area contributed by atoms with Crippen LogP contribution in [0.1, 0.15) is 47.0 Å². The van der Waals surface area contributed by atoms with Crippen LogP contribution in [0.3, 0.4) is 0 Å². The summed E-state index contributed by atoms with van der Waals surface area (Å²) in [7, 11) is 0. The standard InChI is InChI=1S/C13H27F3N2/c1-5-9-18(11-13(14,15)16)10-7-6-8-17-12(2,3)4/h17H,5-11H2,1-4H3. The van der Waals surface area contributed by atoms with Gasteiger partial charge in [0.2, 0.25) is 0 Å². The molecule has 0 unspecified atom stereocenters. The fourth-order valence-corrected chi connectivity index (χ4v) is 1.76. The molecule has 0 aromatic carbocycles. The second-order valence-electron chi connectivity index (χ2n) is 5.78. The first-order chi connectivity index (χ1) is 8.14. The van der Waals surface area contributed by atoms with Crippen molar-refractivity contribution in [1.82, 2.24) is 10.2 Å². The molecule has 0 heterocycles. The lowest BCUT2D eigenvalue weighted by Gasteiger charge is -2.24. The maximum absolute atomic E-state index is 12.3.